The number of carboxylic acid groups (broad SMARTS) is 1. The number of aliphatic carboxylic acids is 1. The van der Waals surface area contributed by atoms with Crippen molar-refractivity contribution in [2.75, 3.05) is 12.4 Å². The number of carboxylic acids is 1. The number of benzene rings is 1. The number of allylic oxidation sites excluding steroid dienone is 2. The number of rotatable bonds is 5. The molecule has 4 atom stereocenters. The predicted molar refractivity (Wildman–Crippen MR) is 135 cm³/mol. The molecule has 0 radical (unpaired) electrons. The molecular weight excluding hydrogens is 610 g/mol. The van der Waals surface area contributed by atoms with Crippen LogP contribution < -0.4 is 5.32 Å². The fourth-order valence-electron chi connectivity index (χ4n) is 4.41. The van der Waals surface area contributed by atoms with Gasteiger partial charge < -0.3 is 15.2 Å². The Bertz CT molecular complexity index is 1300. The molecule has 2 aromatic rings. The minimum absolute atomic E-state index is 0.0120. The van der Waals surface area contributed by atoms with Gasteiger partial charge in [-0.2, -0.15) is 0 Å². The van der Waals surface area contributed by atoms with Crippen LogP contribution in [0.1, 0.15) is 10.4 Å². The first-order valence-corrected chi connectivity index (χ1v) is 12.7. The highest BCUT2D eigenvalue weighted by Gasteiger charge is 2.85. The number of anilines is 1. The van der Waals surface area contributed by atoms with E-state index in [4.69, 9.17) is 74.3 Å². The Balaban J connectivity index is 1.80. The molecule has 2 aliphatic carbocycles. The van der Waals surface area contributed by atoms with Crippen molar-refractivity contribution in [2.45, 2.75) is 14.1 Å². The van der Waals surface area contributed by atoms with Crippen molar-refractivity contribution in [2.24, 2.45) is 11.8 Å². The topological polar surface area (TPSA) is 92.7 Å². The van der Waals surface area contributed by atoms with Crippen molar-refractivity contribution in [3.05, 3.63) is 51.1 Å². The first-order chi connectivity index (χ1) is 16.2. The smallest absolute Gasteiger partial charge is 0.341 e. The van der Waals surface area contributed by atoms with Crippen molar-refractivity contribution >= 4 is 104 Å². The predicted octanol–water partition coefficient (Wildman–Crippen LogP) is 6.44. The third kappa shape index (κ3) is 3.52. The maximum Gasteiger partial charge on any atom is 0.341 e. The summed E-state index contributed by atoms with van der Waals surface area (Å²) >= 11 is 39.5. The fraction of sp³-hybridized carbons (Fsp3) is 0.286. The molecule has 1 fully saturated rings. The minimum atomic E-state index is -2.28. The second kappa shape index (κ2) is 8.94. The number of fused-ring (bicyclic) bond motifs is 2. The van der Waals surface area contributed by atoms with Crippen LogP contribution in [-0.4, -0.2) is 44.1 Å². The average molecular weight is 622 g/mol. The lowest BCUT2D eigenvalue weighted by Gasteiger charge is -2.33. The Morgan fingerprint density at radius 3 is 2.09 bits per heavy atom. The van der Waals surface area contributed by atoms with E-state index in [9.17, 15) is 23.9 Å². The zero-order valence-corrected chi connectivity index (χ0v) is 22.5. The molecule has 6 nitrogen and oxygen atoms in total. The van der Waals surface area contributed by atoms with Gasteiger partial charge >= 0.3 is 11.9 Å². The van der Waals surface area contributed by atoms with Crippen LogP contribution in [0.3, 0.4) is 0 Å². The van der Waals surface area contributed by atoms with Gasteiger partial charge in [0, 0.05) is 10.9 Å². The Morgan fingerprint density at radius 2 is 1.57 bits per heavy atom. The summed E-state index contributed by atoms with van der Waals surface area (Å²) in [6.07, 6.45) is 0. The first kappa shape index (κ1) is 26.8. The molecule has 1 heterocycles. The summed E-state index contributed by atoms with van der Waals surface area (Å²) in [6, 6.07) is 5.29. The number of carbonyl (C=O) groups excluding carboxylic acids is 2. The molecular formula is C21H12Cl6FNO5S. The molecule has 35 heavy (non-hydrogen) atoms. The molecule has 186 valence electrons. The standard InChI is InChI=1S/C21H12Cl6FNO5S/c1-34-18(33)10-9(7-2-4-8(28)5-3-7)6-35-16(10)29-15(30)11-12(17(31)32)20(25)14(23)13(22)19(11,24)21(20,26)27/h2-6,11-12H,1H3,(H,29,30)(H,31,32)/t11-,12-,19-,20-/m0/s1. The molecule has 2 aliphatic rings. The summed E-state index contributed by atoms with van der Waals surface area (Å²) < 4.78 is 16.0. The van der Waals surface area contributed by atoms with Crippen LogP contribution in [0.2, 0.25) is 0 Å². The molecule has 0 spiro atoms. The third-order valence-electron chi connectivity index (χ3n) is 6.06. The average Bonchev–Trinajstić information content (AvgIpc) is 3.30. The summed E-state index contributed by atoms with van der Waals surface area (Å²) in [5.41, 5.74) is 0.775. The van der Waals surface area contributed by atoms with Gasteiger partial charge in [0.2, 0.25) is 5.91 Å². The van der Waals surface area contributed by atoms with Crippen molar-refractivity contribution in [3.63, 3.8) is 0 Å². The number of nitrogens with one attached hydrogen (secondary N) is 1. The van der Waals surface area contributed by atoms with Crippen LogP contribution in [0.5, 0.6) is 0 Å². The Labute approximate surface area is 231 Å². The van der Waals surface area contributed by atoms with E-state index in [1.54, 1.807) is 5.38 Å². The quantitative estimate of drug-likeness (QED) is 0.296. The van der Waals surface area contributed by atoms with Gasteiger partial charge in [0.25, 0.3) is 0 Å². The maximum absolute atomic E-state index is 13.5. The van der Waals surface area contributed by atoms with Crippen LogP contribution in [0.4, 0.5) is 9.39 Å². The monoisotopic (exact) mass is 619 g/mol. The number of halogens is 7. The van der Waals surface area contributed by atoms with Gasteiger partial charge in [-0.05, 0) is 17.7 Å². The van der Waals surface area contributed by atoms with Gasteiger partial charge in [-0.15, -0.1) is 34.5 Å². The Morgan fingerprint density at radius 1 is 1.03 bits per heavy atom. The van der Waals surface area contributed by atoms with Crippen LogP contribution >= 0.6 is 80.9 Å². The molecule has 1 aromatic heterocycles. The molecule has 14 heteroatoms. The van der Waals surface area contributed by atoms with Crippen molar-refractivity contribution in [1.29, 1.82) is 0 Å². The van der Waals surface area contributed by atoms with E-state index in [0.29, 0.717) is 11.1 Å². The second-order valence-corrected chi connectivity index (χ2v) is 11.9. The molecule has 0 saturated heterocycles. The normalized spacial score (nSPS) is 28.8. The summed E-state index contributed by atoms with van der Waals surface area (Å²) in [5.74, 6) is -7.26. The molecule has 4 rings (SSSR count). The van der Waals surface area contributed by atoms with E-state index in [1.165, 1.54) is 24.3 Å². The molecule has 1 aromatic carbocycles. The number of methoxy groups -OCH3 is 1. The van der Waals surface area contributed by atoms with Crippen LogP contribution in [-0.2, 0) is 14.3 Å². The molecule has 1 saturated carbocycles. The lowest BCUT2D eigenvalue weighted by atomic mass is 9.81. The number of hydrogen-bond acceptors (Lipinski definition) is 5. The van der Waals surface area contributed by atoms with Gasteiger partial charge in [-0.3, -0.25) is 9.59 Å². The highest BCUT2D eigenvalue weighted by Crippen LogP contribution is 2.76. The molecule has 0 aliphatic heterocycles. The zero-order chi connectivity index (χ0) is 26.1. The highest BCUT2D eigenvalue weighted by atomic mass is 35.5. The summed E-state index contributed by atoms with van der Waals surface area (Å²) in [4.78, 5) is 33.9. The van der Waals surface area contributed by atoms with Gasteiger partial charge in [0.15, 0.2) is 4.33 Å². The number of hydrogen-bond donors (Lipinski definition) is 2. The first-order valence-electron chi connectivity index (χ1n) is 9.56. The summed E-state index contributed by atoms with van der Waals surface area (Å²) in [6.45, 7) is 0. The summed E-state index contributed by atoms with van der Waals surface area (Å²) in [7, 11) is 1.14. The van der Waals surface area contributed by atoms with Crippen LogP contribution in [0, 0.1) is 17.7 Å². The van der Waals surface area contributed by atoms with Crippen LogP contribution in [0.25, 0.3) is 11.1 Å². The zero-order valence-electron chi connectivity index (χ0n) is 17.2. The SMILES string of the molecule is COC(=O)c1c(-c2ccc(F)cc2)csc1NC(=O)[C@@H]1[C@@H](C(=O)O)[C@]2(Cl)C(Cl)=C(Cl)[C@]1(Cl)C2(Cl)Cl. The second-order valence-electron chi connectivity index (χ2n) is 7.76. The van der Waals surface area contributed by atoms with Gasteiger partial charge in [-0.25, -0.2) is 9.18 Å². The largest absolute Gasteiger partial charge is 0.481 e. The van der Waals surface area contributed by atoms with Gasteiger partial charge in [-0.1, -0.05) is 58.5 Å². The van der Waals surface area contributed by atoms with Crippen molar-refractivity contribution < 1.29 is 28.6 Å². The highest BCUT2D eigenvalue weighted by molar-refractivity contribution is 7.15. The van der Waals surface area contributed by atoms with E-state index in [0.717, 1.165) is 18.4 Å². The fourth-order valence-corrected chi connectivity index (χ4v) is 8.31. The third-order valence-corrected chi connectivity index (χ3v) is 11.2. The van der Waals surface area contributed by atoms with Gasteiger partial charge in [0.05, 0.1) is 29.0 Å². The number of amides is 1. The van der Waals surface area contributed by atoms with E-state index >= 15 is 0 Å². The number of ether oxygens (including phenoxy) is 1. The van der Waals surface area contributed by atoms with Crippen molar-refractivity contribution in [3.8, 4) is 11.1 Å². The lowest BCUT2D eigenvalue weighted by Crippen LogP contribution is -2.47. The number of carbonyl (C=O) groups is 3. The molecule has 2 bridgehead atoms. The number of thiophene rings is 1. The van der Waals surface area contributed by atoms with E-state index in [2.05, 4.69) is 5.32 Å². The summed E-state index contributed by atoms with van der Waals surface area (Å²) in [5, 5.41) is 13.3. The lowest BCUT2D eigenvalue weighted by molar-refractivity contribution is -0.146. The number of alkyl halides is 4. The Kier molecular flexibility index (Phi) is 6.84. The molecule has 1 amide bonds. The van der Waals surface area contributed by atoms with E-state index in [-0.39, 0.29) is 20.6 Å². The van der Waals surface area contributed by atoms with Crippen molar-refractivity contribution in [1.82, 2.24) is 0 Å². The van der Waals surface area contributed by atoms with Crippen LogP contribution in [0.15, 0.2) is 39.7 Å². The number of esters is 1. The van der Waals surface area contributed by atoms with E-state index in [1.807, 2.05) is 0 Å². The molecule has 2 N–H and O–H groups in total. The minimum Gasteiger partial charge on any atom is -0.481 e. The maximum atomic E-state index is 13.5. The van der Waals surface area contributed by atoms with Gasteiger partial charge in [0.1, 0.15) is 26.1 Å². The molecule has 0 unspecified atom stereocenters. The Hall–Kier alpha value is -1.26. The van der Waals surface area contributed by atoms with E-state index < -0.39 is 49.6 Å².